The van der Waals surface area contributed by atoms with Crippen molar-refractivity contribution in [2.75, 3.05) is 13.6 Å². The number of thiophene rings is 1. The number of guanidine groups is 1. The van der Waals surface area contributed by atoms with Crippen LogP contribution in [-0.2, 0) is 13.0 Å². The molecule has 1 atom stereocenters. The summed E-state index contributed by atoms with van der Waals surface area (Å²) in [5.41, 5.74) is 0. The van der Waals surface area contributed by atoms with Gasteiger partial charge >= 0.3 is 6.55 Å². The summed E-state index contributed by atoms with van der Waals surface area (Å²) in [6, 6.07) is 4.17. The van der Waals surface area contributed by atoms with Crippen LogP contribution < -0.4 is 10.6 Å². The first-order valence-electron chi connectivity index (χ1n) is 7.37. The molecule has 0 aliphatic rings. The maximum Gasteiger partial charge on any atom is 0.319 e. The van der Waals surface area contributed by atoms with Gasteiger partial charge in [0.15, 0.2) is 5.96 Å². The molecule has 0 spiro atoms. The average Bonchev–Trinajstić information content (AvgIpc) is 3.18. The average molecular weight is 469 g/mol. The summed E-state index contributed by atoms with van der Waals surface area (Å²) in [7, 11) is 1.65. The SMILES string of the molecule is CN=C(NCc1nccn1C(F)F)NCC(C)Cc1cccs1.I. The Bertz CT molecular complexity index is 615. The van der Waals surface area contributed by atoms with E-state index in [1.165, 1.54) is 17.3 Å². The second-order valence-electron chi connectivity index (χ2n) is 5.22. The van der Waals surface area contributed by atoms with E-state index in [2.05, 4.69) is 39.0 Å². The van der Waals surface area contributed by atoms with Crippen molar-refractivity contribution in [3.63, 3.8) is 0 Å². The zero-order chi connectivity index (χ0) is 16.7. The molecule has 2 aromatic heterocycles. The lowest BCUT2D eigenvalue weighted by molar-refractivity contribution is 0.0668. The predicted molar refractivity (Wildman–Crippen MR) is 104 cm³/mol. The molecule has 0 radical (unpaired) electrons. The second-order valence-corrected chi connectivity index (χ2v) is 6.26. The standard InChI is InChI=1S/C15H21F2N5S.HI/c1-11(8-12-4-3-7-23-12)9-20-15(18-2)21-10-13-19-5-6-22(13)14(16)17;/h3-7,11,14H,8-10H2,1-2H3,(H2,18,20,21);1H. The van der Waals surface area contributed by atoms with Gasteiger partial charge in [0.2, 0.25) is 0 Å². The summed E-state index contributed by atoms with van der Waals surface area (Å²) >= 11 is 1.75. The van der Waals surface area contributed by atoms with Gasteiger partial charge in [-0.15, -0.1) is 35.3 Å². The monoisotopic (exact) mass is 469 g/mol. The highest BCUT2D eigenvalue weighted by atomic mass is 127. The van der Waals surface area contributed by atoms with Gasteiger partial charge in [0, 0.05) is 30.9 Å². The molecule has 0 bridgehead atoms. The van der Waals surface area contributed by atoms with Gasteiger partial charge in [-0.2, -0.15) is 8.78 Å². The van der Waals surface area contributed by atoms with Gasteiger partial charge < -0.3 is 10.6 Å². The first-order valence-corrected chi connectivity index (χ1v) is 8.25. The van der Waals surface area contributed by atoms with Crippen LogP contribution in [0.4, 0.5) is 8.78 Å². The van der Waals surface area contributed by atoms with Crippen molar-refractivity contribution in [3.8, 4) is 0 Å². The van der Waals surface area contributed by atoms with E-state index in [1.54, 1.807) is 18.4 Å². The van der Waals surface area contributed by atoms with Crippen molar-refractivity contribution in [1.82, 2.24) is 20.2 Å². The number of rotatable bonds is 7. The van der Waals surface area contributed by atoms with Gasteiger partial charge in [0.25, 0.3) is 0 Å². The van der Waals surface area contributed by atoms with Gasteiger partial charge in [-0.05, 0) is 23.8 Å². The minimum Gasteiger partial charge on any atom is -0.356 e. The van der Waals surface area contributed by atoms with E-state index in [9.17, 15) is 8.78 Å². The number of alkyl halides is 2. The Morgan fingerprint density at radius 1 is 1.42 bits per heavy atom. The largest absolute Gasteiger partial charge is 0.356 e. The predicted octanol–water partition coefficient (Wildman–Crippen LogP) is 3.50. The Kier molecular flexibility index (Phi) is 9.19. The van der Waals surface area contributed by atoms with E-state index in [1.807, 2.05) is 6.07 Å². The number of nitrogens with one attached hydrogen (secondary N) is 2. The van der Waals surface area contributed by atoms with Gasteiger partial charge in [-0.1, -0.05) is 13.0 Å². The summed E-state index contributed by atoms with van der Waals surface area (Å²) in [4.78, 5) is 9.38. The number of aromatic nitrogens is 2. The normalized spacial score (nSPS) is 12.8. The van der Waals surface area contributed by atoms with E-state index < -0.39 is 6.55 Å². The molecule has 0 saturated heterocycles. The summed E-state index contributed by atoms with van der Waals surface area (Å²) in [6.07, 6.45) is 3.63. The highest BCUT2D eigenvalue weighted by molar-refractivity contribution is 14.0. The number of halogens is 3. The smallest absolute Gasteiger partial charge is 0.319 e. The molecule has 0 aromatic carbocycles. The molecule has 24 heavy (non-hydrogen) atoms. The Hall–Kier alpha value is -1.23. The number of hydrogen-bond donors (Lipinski definition) is 2. The van der Waals surface area contributed by atoms with Crippen molar-refractivity contribution in [2.24, 2.45) is 10.9 Å². The summed E-state index contributed by atoms with van der Waals surface area (Å²) in [5, 5.41) is 8.29. The molecule has 2 rings (SSSR count). The number of aliphatic imine (C=N–C) groups is 1. The van der Waals surface area contributed by atoms with E-state index in [4.69, 9.17) is 0 Å². The highest BCUT2D eigenvalue weighted by Crippen LogP contribution is 2.14. The van der Waals surface area contributed by atoms with Crippen LogP contribution in [0.15, 0.2) is 34.9 Å². The quantitative estimate of drug-likeness (QED) is 0.371. The van der Waals surface area contributed by atoms with Crippen LogP contribution >= 0.6 is 35.3 Å². The fraction of sp³-hybridized carbons (Fsp3) is 0.467. The molecule has 2 heterocycles. The second kappa shape index (κ2) is 10.6. The Morgan fingerprint density at radius 3 is 2.83 bits per heavy atom. The first-order chi connectivity index (χ1) is 11.1. The Balaban J connectivity index is 0.00000288. The molecule has 0 aliphatic carbocycles. The minimum atomic E-state index is -2.59. The van der Waals surface area contributed by atoms with Crippen LogP contribution in [0.3, 0.4) is 0 Å². The molecule has 0 amide bonds. The summed E-state index contributed by atoms with van der Waals surface area (Å²) < 4.78 is 26.3. The van der Waals surface area contributed by atoms with Crippen molar-refractivity contribution in [3.05, 3.63) is 40.6 Å². The van der Waals surface area contributed by atoms with E-state index in [-0.39, 0.29) is 36.3 Å². The third-order valence-corrected chi connectivity index (χ3v) is 4.24. The van der Waals surface area contributed by atoms with E-state index in [0.29, 0.717) is 11.9 Å². The molecule has 2 aromatic rings. The molecular formula is C15H22F2IN5S. The summed E-state index contributed by atoms with van der Waals surface area (Å²) in [6.45, 7) is 0.510. The number of hydrogen-bond acceptors (Lipinski definition) is 3. The lowest BCUT2D eigenvalue weighted by Gasteiger charge is -2.16. The zero-order valence-electron chi connectivity index (χ0n) is 13.6. The van der Waals surface area contributed by atoms with Crippen LogP contribution in [0.2, 0.25) is 0 Å². The molecule has 134 valence electrons. The Morgan fingerprint density at radius 2 is 2.21 bits per heavy atom. The van der Waals surface area contributed by atoms with Gasteiger partial charge in [0.05, 0.1) is 6.54 Å². The van der Waals surface area contributed by atoms with Gasteiger partial charge in [-0.25, -0.2) is 4.98 Å². The van der Waals surface area contributed by atoms with E-state index in [0.717, 1.165) is 17.5 Å². The molecule has 0 aliphatic heterocycles. The molecule has 9 heteroatoms. The lowest BCUT2D eigenvalue weighted by Crippen LogP contribution is -2.39. The lowest BCUT2D eigenvalue weighted by atomic mass is 10.1. The number of nitrogens with zero attached hydrogens (tertiary/aromatic N) is 3. The molecule has 0 fully saturated rings. The molecule has 1 unspecified atom stereocenters. The van der Waals surface area contributed by atoms with Crippen LogP contribution in [0, 0.1) is 5.92 Å². The van der Waals surface area contributed by atoms with Crippen molar-refractivity contribution < 1.29 is 8.78 Å². The zero-order valence-corrected chi connectivity index (χ0v) is 16.7. The molecule has 5 nitrogen and oxygen atoms in total. The van der Waals surface area contributed by atoms with Crippen LogP contribution in [0.5, 0.6) is 0 Å². The fourth-order valence-electron chi connectivity index (χ4n) is 2.16. The molecule has 0 saturated carbocycles. The van der Waals surface area contributed by atoms with E-state index >= 15 is 0 Å². The van der Waals surface area contributed by atoms with Gasteiger partial charge in [0.1, 0.15) is 5.82 Å². The van der Waals surface area contributed by atoms with Crippen molar-refractivity contribution >= 4 is 41.3 Å². The molecular weight excluding hydrogens is 447 g/mol. The van der Waals surface area contributed by atoms with Crippen LogP contribution in [0.25, 0.3) is 0 Å². The van der Waals surface area contributed by atoms with Gasteiger partial charge in [-0.3, -0.25) is 9.56 Å². The topological polar surface area (TPSA) is 54.2 Å². The molecule has 2 N–H and O–H groups in total. The number of imidazole rings is 1. The maximum absolute atomic E-state index is 12.8. The van der Waals surface area contributed by atoms with Crippen molar-refractivity contribution in [1.29, 1.82) is 0 Å². The Labute approximate surface area is 161 Å². The maximum atomic E-state index is 12.8. The minimum absolute atomic E-state index is 0. The fourth-order valence-corrected chi connectivity index (χ4v) is 3.03. The third-order valence-electron chi connectivity index (χ3n) is 3.34. The first kappa shape index (κ1) is 20.8. The van der Waals surface area contributed by atoms with Crippen LogP contribution in [-0.4, -0.2) is 29.1 Å². The highest BCUT2D eigenvalue weighted by Gasteiger charge is 2.12. The van der Waals surface area contributed by atoms with Crippen molar-refractivity contribution in [2.45, 2.75) is 26.4 Å². The summed E-state index contributed by atoms with van der Waals surface area (Å²) in [5.74, 6) is 1.29. The third kappa shape index (κ3) is 6.34. The van der Waals surface area contributed by atoms with Crippen LogP contribution in [0.1, 0.15) is 24.2 Å².